The van der Waals surface area contributed by atoms with Crippen molar-refractivity contribution >= 4 is 33.0 Å². The van der Waals surface area contributed by atoms with Crippen molar-refractivity contribution in [2.75, 3.05) is 0 Å². The molecule has 5 nitrogen and oxygen atoms in total. The van der Waals surface area contributed by atoms with Gasteiger partial charge in [-0.25, -0.2) is 9.97 Å². The number of aromatic nitrogens is 4. The molecule has 0 spiro atoms. The number of fused-ring (bicyclic) bond motifs is 4. The second kappa shape index (κ2) is 15.0. The molecule has 0 aliphatic heterocycles. The van der Waals surface area contributed by atoms with Gasteiger partial charge < -0.3 is 14.4 Å². The zero-order valence-electron chi connectivity index (χ0n) is 30.2. The first-order chi connectivity index (χ1) is 25.3. The average Bonchev–Trinajstić information content (AvgIpc) is 3.53. The standard InChI is InChI=1S/C35H26N3O.C12H10N.Ir/c1-20-7-5-8-21(2)33(20)30-14-12-25-18-29(22(3)17-31(25)38-30)24-15-16-36-32(19-24)28-10-6-9-26-27-13-11-23(4)37-35(27)39-34(26)28;1-10-7-8-12(13-9-10)11-5-3-2-4-6-11;/h5-9,11-19H,1-4H3;2-5,7-9H,1H3;/q2*-1;. The number of hydrogen-bond acceptors (Lipinski definition) is 5. The predicted octanol–water partition coefficient (Wildman–Crippen LogP) is 11.8. The molecule has 0 bridgehead atoms. The van der Waals surface area contributed by atoms with Gasteiger partial charge in [-0.1, -0.05) is 53.4 Å². The minimum absolute atomic E-state index is 0. The Morgan fingerprint density at radius 2 is 1.43 bits per heavy atom. The summed E-state index contributed by atoms with van der Waals surface area (Å²) in [5.41, 5.74) is 16.3. The van der Waals surface area contributed by atoms with Gasteiger partial charge in [-0.2, -0.15) is 0 Å². The monoisotopic (exact) mass is 865 g/mol. The Morgan fingerprint density at radius 1 is 0.604 bits per heavy atom. The van der Waals surface area contributed by atoms with Gasteiger partial charge in [0.05, 0.1) is 16.8 Å². The van der Waals surface area contributed by atoms with E-state index in [2.05, 4.69) is 110 Å². The molecule has 9 rings (SSSR count). The van der Waals surface area contributed by atoms with Crippen LogP contribution in [0.2, 0.25) is 0 Å². The number of hydrogen-bond donors (Lipinski definition) is 0. The molecule has 4 aromatic carbocycles. The fourth-order valence-corrected chi connectivity index (χ4v) is 6.76. The molecule has 0 aliphatic carbocycles. The summed E-state index contributed by atoms with van der Waals surface area (Å²) in [7, 11) is 0. The molecule has 1 radical (unpaired) electrons. The van der Waals surface area contributed by atoms with E-state index in [9.17, 15) is 0 Å². The molecule has 0 aliphatic rings. The Bertz CT molecular complexity index is 2720. The molecule has 0 unspecified atom stereocenters. The largest absolute Gasteiger partial charge is 0.486 e. The zero-order chi connectivity index (χ0) is 35.8. The van der Waals surface area contributed by atoms with E-state index >= 15 is 0 Å². The Balaban J connectivity index is 0.000000263. The summed E-state index contributed by atoms with van der Waals surface area (Å²) in [4.78, 5) is 18.7. The first-order valence-corrected chi connectivity index (χ1v) is 17.4. The average molecular weight is 865 g/mol. The summed E-state index contributed by atoms with van der Waals surface area (Å²) >= 11 is 0. The van der Waals surface area contributed by atoms with Gasteiger partial charge in [-0.05, 0) is 116 Å². The molecule has 6 heteroatoms. The van der Waals surface area contributed by atoms with Gasteiger partial charge in [0.1, 0.15) is 0 Å². The maximum absolute atomic E-state index is 6.22. The molecule has 0 saturated carbocycles. The van der Waals surface area contributed by atoms with E-state index in [1.165, 1.54) is 22.3 Å². The van der Waals surface area contributed by atoms with Crippen LogP contribution in [0.1, 0.15) is 27.9 Å². The Kier molecular flexibility index (Phi) is 10.1. The van der Waals surface area contributed by atoms with Crippen LogP contribution in [0.25, 0.3) is 77.9 Å². The van der Waals surface area contributed by atoms with Gasteiger partial charge in [-0.3, -0.25) is 0 Å². The van der Waals surface area contributed by atoms with Crippen LogP contribution in [0.15, 0.2) is 132 Å². The fourth-order valence-electron chi connectivity index (χ4n) is 6.76. The third-order valence-electron chi connectivity index (χ3n) is 9.43. The Hall–Kier alpha value is -5.81. The Labute approximate surface area is 323 Å². The minimum Gasteiger partial charge on any atom is -0.486 e. The molecule has 0 saturated heterocycles. The molecule has 0 amide bonds. The smallest absolute Gasteiger partial charge is 0.216 e. The van der Waals surface area contributed by atoms with Crippen LogP contribution < -0.4 is 0 Å². The minimum atomic E-state index is 0. The Morgan fingerprint density at radius 3 is 2.21 bits per heavy atom. The van der Waals surface area contributed by atoms with E-state index in [-0.39, 0.29) is 20.1 Å². The first-order valence-electron chi connectivity index (χ1n) is 17.4. The van der Waals surface area contributed by atoms with Crippen LogP contribution in [0, 0.1) is 46.8 Å². The van der Waals surface area contributed by atoms with Gasteiger partial charge in [-0.15, -0.1) is 54.1 Å². The summed E-state index contributed by atoms with van der Waals surface area (Å²) in [5, 5.41) is 3.13. The van der Waals surface area contributed by atoms with Crippen molar-refractivity contribution in [2.24, 2.45) is 0 Å². The summed E-state index contributed by atoms with van der Waals surface area (Å²) in [6.45, 7) is 10.4. The van der Waals surface area contributed by atoms with E-state index in [4.69, 9.17) is 14.4 Å². The van der Waals surface area contributed by atoms with Crippen LogP contribution in [0.5, 0.6) is 0 Å². The van der Waals surface area contributed by atoms with Crippen molar-refractivity contribution in [1.29, 1.82) is 0 Å². The summed E-state index contributed by atoms with van der Waals surface area (Å²) in [5.74, 6) is 0. The van der Waals surface area contributed by atoms with Crippen molar-refractivity contribution in [1.82, 2.24) is 19.9 Å². The van der Waals surface area contributed by atoms with Gasteiger partial charge in [0.2, 0.25) is 5.71 Å². The van der Waals surface area contributed by atoms with Crippen LogP contribution in [0.3, 0.4) is 0 Å². The summed E-state index contributed by atoms with van der Waals surface area (Å²) < 4.78 is 6.22. The number of rotatable bonds is 4. The van der Waals surface area contributed by atoms with Gasteiger partial charge in [0, 0.05) is 54.5 Å². The third-order valence-corrected chi connectivity index (χ3v) is 9.43. The maximum Gasteiger partial charge on any atom is 0.216 e. The van der Waals surface area contributed by atoms with Crippen molar-refractivity contribution in [3.05, 3.63) is 168 Å². The summed E-state index contributed by atoms with van der Waals surface area (Å²) in [6.07, 6.45) is 3.73. The SMILES string of the molecule is Cc1ccc(-c2[c-]cccc2)nc1.Cc1ccc2c(n1)oc1c(-c3cc(-c4cc5ccc(-c6c(C)cccc6C)nc5cc4C)ccn3)[c-]ccc12.[Ir]. The van der Waals surface area contributed by atoms with E-state index in [0.29, 0.717) is 5.71 Å². The number of furan rings is 1. The first kappa shape index (κ1) is 35.6. The van der Waals surface area contributed by atoms with Crippen molar-refractivity contribution in [2.45, 2.75) is 34.6 Å². The van der Waals surface area contributed by atoms with E-state index < -0.39 is 0 Å². The number of aryl methyl sites for hydroxylation is 5. The van der Waals surface area contributed by atoms with Crippen LogP contribution in [-0.2, 0) is 20.1 Å². The molecular formula is C47H36IrN4O-2. The topological polar surface area (TPSA) is 64.7 Å². The molecule has 0 N–H and O–H groups in total. The fraction of sp³-hybridized carbons (Fsp3) is 0.106. The normalized spacial score (nSPS) is 11.0. The van der Waals surface area contributed by atoms with Crippen molar-refractivity contribution < 1.29 is 24.5 Å². The predicted molar refractivity (Wildman–Crippen MR) is 212 cm³/mol. The molecule has 261 valence electrons. The van der Waals surface area contributed by atoms with Crippen LogP contribution >= 0.6 is 0 Å². The van der Waals surface area contributed by atoms with Crippen molar-refractivity contribution in [3.63, 3.8) is 0 Å². The molecule has 9 aromatic rings. The molecular weight excluding hydrogens is 829 g/mol. The number of benzene rings is 4. The van der Waals surface area contributed by atoms with Gasteiger partial charge in [0.15, 0.2) is 0 Å². The third kappa shape index (κ3) is 7.17. The number of pyridine rings is 4. The molecule has 5 aromatic heterocycles. The van der Waals surface area contributed by atoms with Crippen LogP contribution in [-0.4, -0.2) is 19.9 Å². The van der Waals surface area contributed by atoms with Gasteiger partial charge >= 0.3 is 0 Å². The molecule has 5 heterocycles. The van der Waals surface area contributed by atoms with E-state index in [1.54, 1.807) is 0 Å². The van der Waals surface area contributed by atoms with E-state index in [1.807, 2.05) is 74.8 Å². The maximum atomic E-state index is 6.22. The molecule has 53 heavy (non-hydrogen) atoms. The molecule has 0 fully saturated rings. The quantitative estimate of drug-likeness (QED) is 0.165. The second-order valence-electron chi connectivity index (χ2n) is 13.3. The van der Waals surface area contributed by atoms with E-state index in [0.717, 1.165) is 77.9 Å². The number of nitrogens with zero attached hydrogens (tertiary/aromatic N) is 4. The second-order valence-corrected chi connectivity index (χ2v) is 13.3. The van der Waals surface area contributed by atoms with Crippen LogP contribution in [0.4, 0.5) is 0 Å². The molecule has 0 atom stereocenters. The van der Waals surface area contributed by atoms with Gasteiger partial charge in [0.25, 0.3) is 0 Å². The summed E-state index contributed by atoms with van der Waals surface area (Å²) in [6, 6.07) is 45.7. The van der Waals surface area contributed by atoms with Crippen molar-refractivity contribution in [3.8, 4) is 44.9 Å². The zero-order valence-corrected chi connectivity index (χ0v) is 32.5.